The summed E-state index contributed by atoms with van der Waals surface area (Å²) < 4.78 is 4.80. The van der Waals surface area contributed by atoms with Crippen LogP contribution in [0.2, 0.25) is 0 Å². The number of rotatable bonds is 5. The lowest BCUT2D eigenvalue weighted by atomic mass is 10.3. The fourth-order valence-corrected chi connectivity index (χ4v) is 1.84. The van der Waals surface area contributed by atoms with Crippen molar-refractivity contribution >= 4 is 23.0 Å². The van der Waals surface area contributed by atoms with Gasteiger partial charge in [0.15, 0.2) is 0 Å². The predicted octanol–water partition coefficient (Wildman–Crippen LogP) is 1.01. The molecule has 2 rings (SSSR count). The highest BCUT2D eigenvalue weighted by Crippen LogP contribution is 2.11. The molecule has 106 valence electrons. The number of H-pyrrole nitrogens is 1. The van der Waals surface area contributed by atoms with Gasteiger partial charge >= 0.3 is 12.0 Å². The van der Waals surface area contributed by atoms with Crippen molar-refractivity contribution in [3.8, 4) is 0 Å². The van der Waals surface area contributed by atoms with Gasteiger partial charge in [-0.2, -0.15) is 0 Å². The smallest absolute Gasteiger partial charge is 0.325 e. The molecular formula is C13H16N4O3. The summed E-state index contributed by atoms with van der Waals surface area (Å²) in [6.07, 6.45) is 0. The van der Waals surface area contributed by atoms with Gasteiger partial charge in [-0.25, -0.2) is 9.78 Å². The molecule has 7 heteroatoms. The number of imidazole rings is 1. The summed E-state index contributed by atoms with van der Waals surface area (Å²) in [6.45, 7) is 1.89. The molecule has 1 aromatic heterocycles. The van der Waals surface area contributed by atoms with E-state index in [4.69, 9.17) is 10.5 Å². The molecule has 0 aliphatic carbocycles. The third-order valence-electron chi connectivity index (χ3n) is 2.72. The maximum atomic E-state index is 11.4. The number of esters is 1. The number of urea groups is 1. The van der Waals surface area contributed by atoms with E-state index in [1.807, 2.05) is 24.3 Å². The standard InChI is InChI=1S/C13H16N4O3/c1-2-20-12(18)8-17(13(14)19)7-11-15-9-5-3-4-6-10(9)16-11/h3-6H,2,7-8H2,1H3,(H2,14,19)(H,15,16). The Labute approximate surface area is 115 Å². The van der Waals surface area contributed by atoms with Gasteiger partial charge in [0, 0.05) is 0 Å². The van der Waals surface area contributed by atoms with Crippen molar-refractivity contribution < 1.29 is 14.3 Å². The number of nitrogens with zero attached hydrogens (tertiary/aromatic N) is 2. The van der Waals surface area contributed by atoms with E-state index in [0.29, 0.717) is 5.82 Å². The quantitative estimate of drug-likeness (QED) is 0.795. The van der Waals surface area contributed by atoms with Gasteiger partial charge in [0.25, 0.3) is 0 Å². The average molecular weight is 276 g/mol. The first-order valence-electron chi connectivity index (χ1n) is 6.23. The summed E-state index contributed by atoms with van der Waals surface area (Å²) in [5.74, 6) is 0.0664. The molecule has 2 aromatic rings. The lowest BCUT2D eigenvalue weighted by Crippen LogP contribution is -2.39. The number of primary amides is 1. The van der Waals surface area contributed by atoms with Gasteiger partial charge in [0.05, 0.1) is 24.2 Å². The van der Waals surface area contributed by atoms with Gasteiger partial charge in [-0.1, -0.05) is 12.1 Å². The minimum atomic E-state index is -0.696. The van der Waals surface area contributed by atoms with E-state index in [2.05, 4.69) is 9.97 Å². The Kier molecular flexibility index (Phi) is 4.19. The zero-order valence-corrected chi connectivity index (χ0v) is 11.1. The maximum Gasteiger partial charge on any atom is 0.325 e. The number of hydrogen-bond donors (Lipinski definition) is 2. The van der Waals surface area contributed by atoms with Crippen LogP contribution in [-0.4, -0.2) is 40.0 Å². The number of nitrogens with two attached hydrogens (primary N) is 1. The van der Waals surface area contributed by atoms with Crippen LogP contribution in [0.15, 0.2) is 24.3 Å². The number of carbonyl (C=O) groups excluding carboxylic acids is 2. The molecule has 2 amide bonds. The van der Waals surface area contributed by atoms with E-state index in [0.717, 1.165) is 11.0 Å². The second-order valence-electron chi connectivity index (χ2n) is 4.20. The largest absolute Gasteiger partial charge is 0.465 e. The highest BCUT2D eigenvalue weighted by atomic mass is 16.5. The van der Waals surface area contributed by atoms with E-state index < -0.39 is 12.0 Å². The average Bonchev–Trinajstić information content (AvgIpc) is 2.80. The van der Waals surface area contributed by atoms with E-state index >= 15 is 0 Å². The van der Waals surface area contributed by atoms with Crippen LogP contribution in [-0.2, 0) is 16.1 Å². The lowest BCUT2D eigenvalue weighted by Gasteiger charge is -2.17. The second kappa shape index (κ2) is 6.05. The fraction of sp³-hybridized carbons (Fsp3) is 0.308. The van der Waals surface area contributed by atoms with Gasteiger partial charge in [0.2, 0.25) is 0 Å². The van der Waals surface area contributed by atoms with Gasteiger partial charge < -0.3 is 20.4 Å². The molecule has 3 N–H and O–H groups in total. The molecule has 0 fully saturated rings. The second-order valence-corrected chi connectivity index (χ2v) is 4.20. The Balaban J connectivity index is 2.11. The summed E-state index contributed by atoms with van der Waals surface area (Å²) in [4.78, 5) is 31.4. The number of hydrogen-bond acceptors (Lipinski definition) is 4. The fourth-order valence-electron chi connectivity index (χ4n) is 1.84. The van der Waals surface area contributed by atoms with Crippen LogP contribution in [0.5, 0.6) is 0 Å². The molecule has 0 aliphatic rings. The number of para-hydroxylation sites is 2. The number of amides is 2. The molecule has 0 aliphatic heterocycles. The Morgan fingerprint density at radius 1 is 1.40 bits per heavy atom. The van der Waals surface area contributed by atoms with E-state index in [-0.39, 0.29) is 19.7 Å². The molecule has 0 spiro atoms. The van der Waals surface area contributed by atoms with Gasteiger partial charge in [0.1, 0.15) is 12.4 Å². The Bertz CT molecular complexity index is 590. The highest BCUT2D eigenvalue weighted by molar-refractivity contribution is 5.80. The molecule has 0 bridgehead atoms. The Hall–Kier alpha value is -2.57. The van der Waals surface area contributed by atoms with Crippen molar-refractivity contribution in [1.82, 2.24) is 14.9 Å². The first-order chi connectivity index (χ1) is 9.60. The first-order valence-corrected chi connectivity index (χ1v) is 6.23. The van der Waals surface area contributed by atoms with Crippen LogP contribution in [0.25, 0.3) is 11.0 Å². The lowest BCUT2D eigenvalue weighted by molar-refractivity contribution is -0.143. The third-order valence-corrected chi connectivity index (χ3v) is 2.72. The minimum Gasteiger partial charge on any atom is -0.465 e. The zero-order chi connectivity index (χ0) is 14.5. The van der Waals surface area contributed by atoms with E-state index in [1.165, 1.54) is 4.90 Å². The number of ether oxygens (including phenoxy) is 1. The number of fused-ring (bicyclic) bond motifs is 1. The first kappa shape index (κ1) is 13.9. The van der Waals surface area contributed by atoms with Crippen LogP contribution in [0, 0.1) is 0 Å². The van der Waals surface area contributed by atoms with Crippen molar-refractivity contribution in [3.63, 3.8) is 0 Å². The number of nitrogens with one attached hydrogen (secondary N) is 1. The molecule has 0 saturated heterocycles. The Morgan fingerprint density at radius 3 is 2.80 bits per heavy atom. The van der Waals surface area contributed by atoms with Crippen LogP contribution in [0.4, 0.5) is 4.79 Å². The summed E-state index contributed by atoms with van der Waals surface area (Å²) in [7, 11) is 0. The topological polar surface area (TPSA) is 101 Å². The van der Waals surface area contributed by atoms with Crippen LogP contribution in [0.3, 0.4) is 0 Å². The van der Waals surface area contributed by atoms with Crippen molar-refractivity contribution in [1.29, 1.82) is 0 Å². The summed E-state index contributed by atoms with van der Waals surface area (Å²) in [6, 6.07) is 6.80. The van der Waals surface area contributed by atoms with Crippen LogP contribution in [0.1, 0.15) is 12.7 Å². The van der Waals surface area contributed by atoms with Crippen molar-refractivity contribution in [2.45, 2.75) is 13.5 Å². The zero-order valence-electron chi connectivity index (χ0n) is 11.1. The number of carbonyl (C=O) groups is 2. The summed E-state index contributed by atoms with van der Waals surface area (Å²) in [5.41, 5.74) is 6.92. The van der Waals surface area contributed by atoms with Crippen molar-refractivity contribution in [2.24, 2.45) is 5.73 Å². The molecule has 0 atom stereocenters. The van der Waals surface area contributed by atoms with E-state index in [9.17, 15) is 9.59 Å². The van der Waals surface area contributed by atoms with E-state index in [1.54, 1.807) is 6.92 Å². The third kappa shape index (κ3) is 3.25. The van der Waals surface area contributed by atoms with Gasteiger partial charge in [-0.15, -0.1) is 0 Å². The van der Waals surface area contributed by atoms with Gasteiger partial charge in [-0.05, 0) is 19.1 Å². The SMILES string of the molecule is CCOC(=O)CN(Cc1nc2ccccc2[nH]1)C(N)=O. The molecular weight excluding hydrogens is 260 g/mol. The molecule has 0 saturated carbocycles. The van der Waals surface area contributed by atoms with Crippen molar-refractivity contribution in [2.75, 3.05) is 13.2 Å². The number of aromatic nitrogens is 2. The number of benzene rings is 1. The highest BCUT2D eigenvalue weighted by Gasteiger charge is 2.17. The monoisotopic (exact) mass is 276 g/mol. The predicted molar refractivity (Wildman–Crippen MR) is 72.7 cm³/mol. The molecule has 1 heterocycles. The van der Waals surface area contributed by atoms with Crippen LogP contribution < -0.4 is 5.73 Å². The van der Waals surface area contributed by atoms with Crippen LogP contribution >= 0.6 is 0 Å². The molecule has 1 aromatic carbocycles. The molecule has 0 radical (unpaired) electrons. The van der Waals surface area contributed by atoms with Gasteiger partial charge in [-0.3, -0.25) is 4.79 Å². The summed E-state index contributed by atoms with van der Waals surface area (Å²) in [5, 5.41) is 0. The van der Waals surface area contributed by atoms with Crippen molar-refractivity contribution in [3.05, 3.63) is 30.1 Å². The Morgan fingerprint density at radius 2 is 2.15 bits per heavy atom. The maximum absolute atomic E-state index is 11.4. The number of aromatic amines is 1. The minimum absolute atomic E-state index is 0.128. The normalized spacial score (nSPS) is 10.4. The summed E-state index contributed by atoms with van der Waals surface area (Å²) >= 11 is 0. The molecule has 0 unspecified atom stereocenters. The molecule has 20 heavy (non-hydrogen) atoms. The molecule has 7 nitrogen and oxygen atoms in total.